The Balaban J connectivity index is 1.75. The van der Waals surface area contributed by atoms with Crippen molar-refractivity contribution in [2.24, 2.45) is 11.7 Å². The molecule has 2 aromatic heterocycles. The quantitative estimate of drug-likeness (QED) is 0.686. The molecule has 3 aromatic rings. The van der Waals surface area contributed by atoms with Crippen LogP contribution in [0.5, 0.6) is 0 Å². The number of hydrogen-bond acceptors (Lipinski definition) is 6. The van der Waals surface area contributed by atoms with Gasteiger partial charge < -0.3 is 5.73 Å². The second-order valence-electron chi connectivity index (χ2n) is 5.81. The van der Waals surface area contributed by atoms with E-state index < -0.39 is 0 Å². The normalized spacial score (nSPS) is 14.3. The fourth-order valence-electron chi connectivity index (χ4n) is 2.22. The number of hydrogen-bond donors (Lipinski definition) is 1. The van der Waals surface area contributed by atoms with Crippen molar-refractivity contribution in [2.75, 3.05) is 0 Å². The van der Waals surface area contributed by atoms with Crippen molar-refractivity contribution >= 4 is 28.1 Å². The molecule has 1 aromatic carbocycles. The number of aryl methyl sites for hydroxylation is 1. The van der Waals surface area contributed by atoms with Gasteiger partial charge in [0.05, 0.1) is 6.04 Å². The van der Waals surface area contributed by atoms with Gasteiger partial charge in [0.15, 0.2) is 10.2 Å². The van der Waals surface area contributed by atoms with Crippen LogP contribution in [0.15, 0.2) is 28.6 Å². The van der Waals surface area contributed by atoms with Gasteiger partial charge in [0.25, 0.3) is 0 Å². The largest absolute Gasteiger partial charge is 0.321 e. The summed E-state index contributed by atoms with van der Waals surface area (Å²) in [6, 6.07) is 8.46. The van der Waals surface area contributed by atoms with E-state index in [9.17, 15) is 0 Å². The van der Waals surface area contributed by atoms with E-state index in [1.165, 1.54) is 11.1 Å². The van der Waals surface area contributed by atoms with E-state index in [2.05, 4.69) is 60.3 Å². The SMILES string of the molecule is CCC(C)C(N)c1nnc2sc(SCc3ccc(C)cc3)nn12. The zero-order valence-electron chi connectivity index (χ0n) is 13.6. The Kier molecular flexibility index (Phi) is 4.99. The molecule has 0 aliphatic heterocycles. The third-order valence-electron chi connectivity index (χ3n) is 4.03. The number of aromatic nitrogens is 4. The van der Waals surface area contributed by atoms with Gasteiger partial charge in [-0.15, -0.1) is 15.3 Å². The molecule has 0 aliphatic carbocycles. The molecule has 3 rings (SSSR count). The van der Waals surface area contributed by atoms with Gasteiger partial charge in [0.2, 0.25) is 4.96 Å². The van der Waals surface area contributed by atoms with Crippen LogP contribution in [0.1, 0.15) is 43.3 Å². The van der Waals surface area contributed by atoms with E-state index in [1.807, 2.05) is 0 Å². The molecule has 23 heavy (non-hydrogen) atoms. The predicted octanol–water partition coefficient (Wildman–Crippen LogP) is 3.83. The van der Waals surface area contributed by atoms with Gasteiger partial charge in [0.1, 0.15) is 0 Å². The Hall–Kier alpha value is -1.44. The van der Waals surface area contributed by atoms with Gasteiger partial charge in [-0.1, -0.05) is 73.2 Å². The molecule has 0 radical (unpaired) electrons. The number of benzene rings is 1. The molecule has 0 bridgehead atoms. The molecule has 7 heteroatoms. The molecule has 0 spiro atoms. The lowest BCUT2D eigenvalue weighted by Gasteiger charge is -2.15. The van der Waals surface area contributed by atoms with Crippen LogP contribution in [0.2, 0.25) is 0 Å². The second kappa shape index (κ2) is 6.98. The highest BCUT2D eigenvalue weighted by Crippen LogP contribution is 2.29. The molecule has 2 N–H and O–H groups in total. The summed E-state index contributed by atoms with van der Waals surface area (Å²) in [6.45, 7) is 6.36. The van der Waals surface area contributed by atoms with Crippen molar-refractivity contribution < 1.29 is 0 Å². The van der Waals surface area contributed by atoms with Gasteiger partial charge in [-0.25, -0.2) is 0 Å². The van der Waals surface area contributed by atoms with Crippen LogP contribution in [0.25, 0.3) is 4.96 Å². The van der Waals surface area contributed by atoms with Crippen molar-refractivity contribution in [2.45, 2.75) is 43.3 Å². The molecular weight excluding hydrogens is 326 g/mol. The highest BCUT2D eigenvalue weighted by atomic mass is 32.2. The van der Waals surface area contributed by atoms with Gasteiger partial charge in [-0.3, -0.25) is 0 Å². The summed E-state index contributed by atoms with van der Waals surface area (Å²) in [5.74, 6) is 2.01. The maximum Gasteiger partial charge on any atom is 0.235 e. The first-order valence-corrected chi connectivity index (χ1v) is 9.54. The topological polar surface area (TPSA) is 69.1 Å². The summed E-state index contributed by atoms with van der Waals surface area (Å²) in [5.41, 5.74) is 8.86. The predicted molar refractivity (Wildman–Crippen MR) is 95.8 cm³/mol. The zero-order chi connectivity index (χ0) is 16.4. The van der Waals surface area contributed by atoms with E-state index >= 15 is 0 Å². The highest BCUT2D eigenvalue weighted by Gasteiger charge is 2.21. The van der Waals surface area contributed by atoms with Crippen LogP contribution in [-0.4, -0.2) is 19.8 Å². The summed E-state index contributed by atoms with van der Waals surface area (Å²) in [5, 5.41) is 13.1. The fraction of sp³-hybridized carbons (Fsp3) is 0.438. The molecule has 0 amide bonds. The van der Waals surface area contributed by atoms with E-state index in [0.29, 0.717) is 5.92 Å². The van der Waals surface area contributed by atoms with Crippen molar-refractivity contribution in [3.05, 3.63) is 41.2 Å². The Morgan fingerprint density at radius 3 is 2.70 bits per heavy atom. The Bertz CT molecular complexity index is 777. The number of fused-ring (bicyclic) bond motifs is 1. The Morgan fingerprint density at radius 2 is 2.00 bits per heavy atom. The lowest BCUT2D eigenvalue weighted by atomic mass is 10.00. The van der Waals surface area contributed by atoms with Crippen LogP contribution < -0.4 is 5.73 Å². The van der Waals surface area contributed by atoms with Crippen LogP contribution in [-0.2, 0) is 5.75 Å². The molecule has 5 nitrogen and oxygen atoms in total. The molecule has 2 heterocycles. The van der Waals surface area contributed by atoms with E-state index in [-0.39, 0.29) is 6.04 Å². The van der Waals surface area contributed by atoms with Gasteiger partial charge in [-0.05, 0) is 18.4 Å². The first kappa shape index (κ1) is 16.4. The first-order valence-electron chi connectivity index (χ1n) is 7.74. The Morgan fingerprint density at radius 1 is 1.26 bits per heavy atom. The summed E-state index contributed by atoms with van der Waals surface area (Å²) in [6.07, 6.45) is 1.01. The van der Waals surface area contributed by atoms with Crippen molar-refractivity contribution in [1.29, 1.82) is 0 Å². The molecular formula is C16H21N5S2. The van der Waals surface area contributed by atoms with Crippen LogP contribution in [0, 0.1) is 12.8 Å². The number of thioether (sulfide) groups is 1. The number of rotatable bonds is 6. The minimum absolute atomic E-state index is 0.132. The lowest BCUT2D eigenvalue weighted by Crippen LogP contribution is -2.21. The van der Waals surface area contributed by atoms with Crippen LogP contribution in [0.3, 0.4) is 0 Å². The minimum Gasteiger partial charge on any atom is -0.321 e. The average Bonchev–Trinajstić information content (AvgIpc) is 3.13. The average molecular weight is 348 g/mol. The third-order valence-corrected chi connectivity index (χ3v) is 6.14. The molecule has 0 aliphatic rings. The summed E-state index contributed by atoms with van der Waals surface area (Å²) < 4.78 is 2.80. The zero-order valence-corrected chi connectivity index (χ0v) is 15.2. The standard InChI is InChI=1S/C16H21N5S2/c1-4-11(3)13(17)14-18-19-15-21(14)20-16(23-15)22-9-12-7-5-10(2)6-8-12/h5-8,11,13H,4,9,17H2,1-3H3. The highest BCUT2D eigenvalue weighted by molar-refractivity contribution is 8.00. The van der Waals surface area contributed by atoms with Crippen molar-refractivity contribution in [3.8, 4) is 0 Å². The van der Waals surface area contributed by atoms with Crippen molar-refractivity contribution in [1.82, 2.24) is 19.8 Å². The molecule has 122 valence electrons. The van der Waals surface area contributed by atoms with E-state index in [4.69, 9.17) is 5.73 Å². The molecule has 0 saturated carbocycles. The maximum absolute atomic E-state index is 6.28. The lowest BCUT2D eigenvalue weighted by molar-refractivity contribution is 0.431. The first-order chi connectivity index (χ1) is 11.1. The van der Waals surface area contributed by atoms with Crippen molar-refractivity contribution in [3.63, 3.8) is 0 Å². The van der Waals surface area contributed by atoms with Crippen LogP contribution in [0.4, 0.5) is 0 Å². The summed E-state index contributed by atoms with van der Waals surface area (Å²) in [7, 11) is 0. The summed E-state index contributed by atoms with van der Waals surface area (Å²) in [4.78, 5) is 0.810. The fourth-order valence-corrected chi connectivity index (χ4v) is 4.06. The van der Waals surface area contributed by atoms with Crippen LogP contribution >= 0.6 is 23.1 Å². The smallest absolute Gasteiger partial charge is 0.235 e. The van der Waals surface area contributed by atoms with Gasteiger partial charge in [0, 0.05) is 5.75 Å². The number of nitrogens with zero attached hydrogens (tertiary/aromatic N) is 4. The molecule has 0 fully saturated rings. The van der Waals surface area contributed by atoms with E-state index in [0.717, 1.165) is 27.3 Å². The molecule has 2 atom stereocenters. The summed E-state index contributed by atoms with van der Waals surface area (Å²) >= 11 is 3.29. The number of nitrogens with two attached hydrogens (primary N) is 1. The minimum atomic E-state index is -0.132. The monoisotopic (exact) mass is 347 g/mol. The second-order valence-corrected chi connectivity index (χ2v) is 7.98. The van der Waals surface area contributed by atoms with Gasteiger partial charge >= 0.3 is 0 Å². The molecule has 0 saturated heterocycles. The maximum atomic E-state index is 6.28. The Labute approximate surface area is 144 Å². The third kappa shape index (κ3) is 3.57. The van der Waals surface area contributed by atoms with Gasteiger partial charge in [-0.2, -0.15) is 4.52 Å². The van der Waals surface area contributed by atoms with E-state index in [1.54, 1.807) is 27.6 Å². The molecule has 2 unspecified atom stereocenters.